The third-order valence-electron chi connectivity index (χ3n) is 3.40. The Morgan fingerprint density at radius 2 is 1.85 bits per heavy atom. The molecule has 0 saturated heterocycles. The molecule has 7 nitrogen and oxygen atoms in total. The quantitative estimate of drug-likeness (QED) is 0.369. The molecule has 0 unspecified atom stereocenters. The number of alkyl halides is 3. The van der Waals surface area contributed by atoms with E-state index in [0.29, 0.717) is 11.6 Å². The van der Waals surface area contributed by atoms with Crippen molar-refractivity contribution in [2.24, 2.45) is 0 Å². The Balaban J connectivity index is 1.79. The molecule has 0 aliphatic rings. The molecule has 0 saturated carbocycles. The second-order valence-electron chi connectivity index (χ2n) is 5.24. The minimum absolute atomic E-state index is 0.105. The van der Waals surface area contributed by atoms with Crippen molar-refractivity contribution in [3.05, 3.63) is 69.9 Å². The molecule has 2 aromatic carbocycles. The van der Waals surface area contributed by atoms with Gasteiger partial charge in [-0.3, -0.25) is 10.1 Å². The molecule has 0 amide bonds. The molecule has 0 bridgehead atoms. The van der Waals surface area contributed by atoms with E-state index in [4.69, 9.17) is 9.26 Å². The van der Waals surface area contributed by atoms with Crippen LogP contribution in [0.1, 0.15) is 11.5 Å². The summed E-state index contributed by atoms with van der Waals surface area (Å²) in [5, 5.41) is 14.3. The Hall–Kier alpha value is -3.50. The molecule has 27 heavy (non-hydrogen) atoms. The van der Waals surface area contributed by atoms with E-state index in [9.17, 15) is 27.7 Å². The van der Waals surface area contributed by atoms with Crippen LogP contribution in [0.3, 0.4) is 0 Å². The van der Waals surface area contributed by atoms with Gasteiger partial charge < -0.3 is 9.26 Å². The molecule has 0 N–H and O–H groups in total. The minimum Gasteiger partial charge on any atom is -0.483 e. The largest absolute Gasteiger partial charge is 0.483 e. The molecule has 3 aromatic rings. The average Bonchev–Trinajstić information content (AvgIpc) is 3.08. The van der Waals surface area contributed by atoms with Gasteiger partial charge in [0, 0.05) is 17.7 Å². The highest BCUT2D eigenvalue weighted by atomic mass is 19.4. The lowest BCUT2D eigenvalue weighted by Crippen LogP contribution is -2.09. The number of halogens is 4. The predicted octanol–water partition coefficient (Wildman–Crippen LogP) is 4.38. The van der Waals surface area contributed by atoms with Gasteiger partial charge in [0.2, 0.25) is 5.82 Å². The number of benzene rings is 2. The summed E-state index contributed by atoms with van der Waals surface area (Å²) in [6.45, 7) is -0.491. The maximum absolute atomic E-state index is 13.1. The van der Waals surface area contributed by atoms with Crippen LogP contribution in [0.4, 0.5) is 23.2 Å². The number of nitro groups is 1. The molecule has 1 aromatic heterocycles. The van der Waals surface area contributed by atoms with Crippen molar-refractivity contribution in [3.8, 4) is 17.1 Å². The van der Waals surface area contributed by atoms with Crippen LogP contribution < -0.4 is 4.74 Å². The number of non-ortho nitro benzene ring substituents is 1. The summed E-state index contributed by atoms with van der Waals surface area (Å²) in [5.41, 5.74) is -1.57. The molecule has 0 spiro atoms. The van der Waals surface area contributed by atoms with Gasteiger partial charge in [0.15, 0.2) is 6.61 Å². The molecule has 0 atom stereocenters. The highest BCUT2D eigenvalue weighted by molar-refractivity contribution is 5.53. The molecule has 0 aliphatic carbocycles. The average molecular weight is 383 g/mol. The summed E-state index contributed by atoms with van der Waals surface area (Å²) in [7, 11) is 0. The SMILES string of the molecule is O=[N+]([O-])c1ccc(OCc2nc(-c3ccc(F)cc3)no2)c(C(F)(F)F)c1. The first-order chi connectivity index (χ1) is 12.7. The lowest BCUT2D eigenvalue weighted by molar-refractivity contribution is -0.385. The van der Waals surface area contributed by atoms with E-state index in [2.05, 4.69) is 10.1 Å². The second-order valence-corrected chi connectivity index (χ2v) is 5.24. The van der Waals surface area contributed by atoms with Crippen LogP contribution in [-0.4, -0.2) is 15.1 Å². The van der Waals surface area contributed by atoms with E-state index in [1.54, 1.807) is 0 Å². The molecule has 11 heteroatoms. The maximum Gasteiger partial charge on any atom is 0.420 e. The monoisotopic (exact) mass is 383 g/mol. The zero-order chi connectivity index (χ0) is 19.6. The Morgan fingerprint density at radius 1 is 1.15 bits per heavy atom. The lowest BCUT2D eigenvalue weighted by Gasteiger charge is -2.12. The first-order valence-corrected chi connectivity index (χ1v) is 7.31. The highest BCUT2D eigenvalue weighted by Crippen LogP contribution is 2.38. The van der Waals surface area contributed by atoms with E-state index in [-0.39, 0.29) is 11.7 Å². The number of nitrogens with zero attached hydrogens (tertiary/aromatic N) is 3. The standard InChI is InChI=1S/C16H9F4N3O4/c17-10-3-1-9(2-4-10)15-21-14(27-22-15)8-26-13-6-5-11(23(24)25)7-12(13)16(18,19)20/h1-7H,8H2. The lowest BCUT2D eigenvalue weighted by atomic mass is 10.1. The zero-order valence-electron chi connectivity index (χ0n) is 13.2. The number of rotatable bonds is 5. The molecule has 0 fully saturated rings. The van der Waals surface area contributed by atoms with Gasteiger partial charge in [-0.1, -0.05) is 5.16 Å². The summed E-state index contributed by atoms with van der Waals surface area (Å²) >= 11 is 0. The zero-order valence-corrected chi connectivity index (χ0v) is 13.2. The van der Waals surface area contributed by atoms with Gasteiger partial charge in [-0.15, -0.1) is 0 Å². The van der Waals surface area contributed by atoms with Crippen LogP contribution >= 0.6 is 0 Å². The van der Waals surface area contributed by atoms with Crippen molar-refractivity contribution in [2.45, 2.75) is 12.8 Å². The fourth-order valence-electron chi connectivity index (χ4n) is 2.15. The van der Waals surface area contributed by atoms with Gasteiger partial charge in [0.25, 0.3) is 11.6 Å². The normalized spacial score (nSPS) is 11.4. The van der Waals surface area contributed by atoms with Crippen LogP contribution in [-0.2, 0) is 12.8 Å². The van der Waals surface area contributed by atoms with Gasteiger partial charge in [0.1, 0.15) is 17.1 Å². The first-order valence-electron chi connectivity index (χ1n) is 7.31. The van der Waals surface area contributed by atoms with Crippen LogP contribution in [0.25, 0.3) is 11.4 Å². The topological polar surface area (TPSA) is 91.3 Å². The van der Waals surface area contributed by atoms with Gasteiger partial charge in [-0.05, 0) is 30.3 Å². The van der Waals surface area contributed by atoms with E-state index in [1.807, 2.05) is 0 Å². The molecule has 0 radical (unpaired) electrons. The van der Waals surface area contributed by atoms with Crippen LogP contribution in [0.5, 0.6) is 5.75 Å². The molecule has 0 aliphatic heterocycles. The summed E-state index contributed by atoms with van der Waals surface area (Å²) < 4.78 is 62.1. The van der Waals surface area contributed by atoms with Crippen LogP contribution in [0, 0.1) is 15.9 Å². The van der Waals surface area contributed by atoms with E-state index >= 15 is 0 Å². The highest BCUT2D eigenvalue weighted by Gasteiger charge is 2.36. The molecule has 140 valence electrons. The van der Waals surface area contributed by atoms with E-state index in [0.717, 1.165) is 12.1 Å². The van der Waals surface area contributed by atoms with E-state index in [1.165, 1.54) is 24.3 Å². The minimum atomic E-state index is -4.85. The summed E-state index contributed by atoms with van der Waals surface area (Å²) in [6, 6.07) is 7.31. The number of ether oxygens (including phenoxy) is 1. The fourth-order valence-corrected chi connectivity index (χ4v) is 2.15. The summed E-state index contributed by atoms with van der Waals surface area (Å²) in [5.74, 6) is -1.09. The number of hydrogen-bond acceptors (Lipinski definition) is 6. The molecular formula is C16H9F4N3O4. The smallest absolute Gasteiger partial charge is 0.420 e. The van der Waals surface area contributed by atoms with Crippen molar-refractivity contribution in [1.29, 1.82) is 0 Å². The van der Waals surface area contributed by atoms with Gasteiger partial charge in [-0.2, -0.15) is 18.2 Å². The number of aromatic nitrogens is 2. The third-order valence-corrected chi connectivity index (χ3v) is 3.40. The Kier molecular flexibility index (Phi) is 4.75. The van der Waals surface area contributed by atoms with Gasteiger partial charge >= 0.3 is 6.18 Å². The Labute approximate surface area is 148 Å². The van der Waals surface area contributed by atoms with Crippen molar-refractivity contribution in [3.63, 3.8) is 0 Å². The van der Waals surface area contributed by atoms with Crippen molar-refractivity contribution >= 4 is 5.69 Å². The van der Waals surface area contributed by atoms with Crippen LogP contribution in [0.2, 0.25) is 0 Å². The summed E-state index contributed by atoms with van der Waals surface area (Å²) in [4.78, 5) is 13.7. The van der Waals surface area contributed by atoms with Gasteiger partial charge in [-0.25, -0.2) is 4.39 Å². The first kappa shape index (κ1) is 18.3. The van der Waals surface area contributed by atoms with Crippen molar-refractivity contribution < 1.29 is 31.7 Å². The third kappa shape index (κ3) is 4.19. The van der Waals surface area contributed by atoms with Crippen molar-refractivity contribution in [2.75, 3.05) is 0 Å². The maximum atomic E-state index is 13.1. The molecule has 3 rings (SSSR count). The molecule has 1 heterocycles. The van der Waals surface area contributed by atoms with Gasteiger partial charge in [0.05, 0.1) is 4.92 Å². The Bertz CT molecular complexity index is 971. The summed E-state index contributed by atoms with van der Waals surface area (Å²) in [6.07, 6.45) is -4.85. The van der Waals surface area contributed by atoms with Crippen molar-refractivity contribution in [1.82, 2.24) is 10.1 Å². The predicted molar refractivity (Wildman–Crippen MR) is 82.1 cm³/mol. The molecular weight excluding hydrogens is 374 g/mol. The van der Waals surface area contributed by atoms with Crippen LogP contribution in [0.15, 0.2) is 47.0 Å². The second kappa shape index (κ2) is 7.02. The number of nitro benzene ring substituents is 1. The fraction of sp³-hybridized carbons (Fsp3) is 0.125. The number of hydrogen-bond donors (Lipinski definition) is 0. The Morgan fingerprint density at radius 3 is 2.48 bits per heavy atom. The van der Waals surface area contributed by atoms with E-state index < -0.39 is 40.5 Å².